The summed E-state index contributed by atoms with van der Waals surface area (Å²) < 4.78 is 1.11. The van der Waals surface area contributed by atoms with Crippen LogP contribution in [0.4, 0.5) is 10.7 Å². The van der Waals surface area contributed by atoms with Crippen LogP contribution >= 0.6 is 23.2 Å². The van der Waals surface area contributed by atoms with E-state index in [-0.39, 0.29) is 6.04 Å². The number of anilines is 1. The molecule has 0 aromatic carbocycles. The highest BCUT2D eigenvalue weighted by Crippen LogP contribution is 2.49. The number of aromatic nitrogens is 3. The van der Waals surface area contributed by atoms with Gasteiger partial charge in [0, 0.05) is 27.6 Å². The number of nitrogens with zero attached hydrogens (tertiary/aromatic N) is 4. The maximum absolute atomic E-state index is 12.1. The molecule has 7 nitrogen and oxygen atoms in total. The van der Waals surface area contributed by atoms with Crippen LogP contribution in [-0.4, -0.2) is 49.7 Å². The minimum atomic E-state index is -0.922. The average Bonchev–Trinajstić information content (AvgIpc) is 2.86. The molecule has 0 radical (unpaired) electrons. The third kappa shape index (κ3) is 1.97. The maximum atomic E-state index is 12.1. The number of alkyl halides is 2. The molecule has 1 fully saturated rings. The van der Waals surface area contributed by atoms with Crippen LogP contribution in [0.1, 0.15) is 6.42 Å². The number of carbonyl (C=O) groups is 1. The molecule has 9 heteroatoms. The predicted molar refractivity (Wildman–Crippen MR) is 68.4 cm³/mol. The lowest BCUT2D eigenvalue weighted by Crippen LogP contribution is -2.41. The van der Waals surface area contributed by atoms with Crippen LogP contribution in [0.25, 0.3) is 0 Å². The third-order valence-electron chi connectivity index (χ3n) is 2.95. The zero-order valence-electron chi connectivity index (χ0n) is 10.1. The minimum Gasteiger partial charge on any atom is -0.357 e. The number of hydrogen-bond donors (Lipinski definition) is 1. The third-order valence-corrected chi connectivity index (χ3v) is 3.76. The fourth-order valence-corrected chi connectivity index (χ4v) is 2.27. The molecule has 2 rings (SSSR count). The van der Waals surface area contributed by atoms with Crippen LogP contribution in [0.2, 0.25) is 0 Å². The summed E-state index contributed by atoms with van der Waals surface area (Å²) >= 11 is 11.8. The second kappa shape index (κ2) is 4.17. The van der Waals surface area contributed by atoms with E-state index in [1.54, 1.807) is 14.1 Å². The first-order chi connectivity index (χ1) is 8.29. The highest BCUT2D eigenvalue weighted by atomic mass is 35.5. The van der Waals surface area contributed by atoms with Gasteiger partial charge >= 0.3 is 11.7 Å². The van der Waals surface area contributed by atoms with Crippen molar-refractivity contribution >= 4 is 35.2 Å². The molecule has 1 atom stereocenters. The average molecular weight is 294 g/mol. The zero-order valence-corrected chi connectivity index (χ0v) is 11.7. The summed E-state index contributed by atoms with van der Waals surface area (Å²) in [6, 6.07) is -0.842. The van der Waals surface area contributed by atoms with Gasteiger partial charge in [-0.25, -0.2) is 9.59 Å². The lowest BCUT2D eigenvalue weighted by Gasteiger charge is -2.16. The van der Waals surface area contributed by atoms with Crippen molar-refractivity contribution in [1.82, 2.24) is 19.2 Å². The molecule has 1 aliphatic carbocycles. The Bertz CT molecular complexity index is 550. The number of rotatable bonds is 2. The highest BCUT2D eigenvalue weighted by Gasteiger charge is 2.56. The van der Waals surface area contributed by atoms with Crippen molar-refractivity contribution in [1.29, 1.82) is 0 Å². The highest BCUT2D eigenvalue weighted by molar-refractivity contribution is 6.51. The van der Waals surface area contributed by atoms with E-state index < -0.39 is 16.1 Å². The van der Waals surface area contributed by atoms with E-state index in [1.165, 1.54) is 16.5 Å². The van der Waals surface area contributed by atoms with E-state index in [0.717, 1.165) is 4.68 Å². The number of halogens is 2. The molecular formula is C9H13Cl2N5O2. The van der Waals surface area contributed by atoms with Gasteiger partial charge in [-0.1, -0.05) is 23.2 Å². The number of hydrogen-bond acceptors (Lipinski definition) is 4. The molecule has 0 saturated heterocycles. The molecule has 1 amide bonds. The molecule has 1 aromatic heterocycles. The summed E-state index contributed by atoms with van der Waals surface area (Å²) in [6.45, 7) is 0. The van der Waals surface area contributed by atoms with Gasteiger partial charge in [-0.3, -0.25) is 4.57 Å². The van der Waals surface area contributed by atoms with Gasteiger partial charge in [0.15, 0.2) is 0 Å². The molecule has 1 saturated carbocycles. The molecule has 1 aliphatic rings. The lowest BCUT2D eigenvalue weighted by atomic mass is 10.6. The monoisotopic (exact) mass is 293 g/mol. The van der Waals surface area contributed by atoms with Gasteiger partial charge in [-0.15, -0.1) is 9.78 Å². The standard InChI is InChI=1S/C9H13Cl2N5O2/c1-12-6-13-16(8(18)15(6)3)7(17)14(2)5-4-9(5,10)11/h5H,4H2,1-3H3,(H,12,13). The summed E-state index contributed by atoms with van der Waals surface area (Å²) in [5, 5.41) is 6.60. The van der Waals surface area contributed by atoms with E-state index in [2.05, 4.69) is 10.4 Å². The lowest BCUT2D eigenvalue weighted by molar-refractivity contribution is 0.203. The molecule has 100 valence electrons. The van der Waals surface area contributed by atoms with Crippen LogP contribution in [0.5, 0.6) is 0 Å². The SMILES string of the molecule is CNc1nn(C(=O)N(C)C2CC2(Cl)Cl)c(=O)n1C. The maximum Gasteiger partial charge on any atom is 0.355 e. The van der Waals surface area contributed by atoms with Crippen molar-refractivity contribution in [2.24, 2.45) is 7.05 Å². The molecule has 18 heavy (non-hydrogen) atoms. The van der Waals surface area contributed by atoms with Crippen molar-refractivity contribution in [2.45, 2.75) is 16.8 Å². The Morgan fingerprint density at radius 3 is 2.56 bits per heavy atom. The van der Waals surface area contributed by atoms with Crippen LogP contribution in [-0.2, 0) is 7.05 Å². The number of amides is 1. The zero-order chi connectivity index (χ0) is 13.7. The first kappa shape index (κ1) is 13.2. The van der Waals surface area contributed by atoms with Gasteiger partial charge in [-0.2, -0.15) is 0 Å². The first-order valence-corrected chi connectivity index (χ1v) is 6.04. The van der Waals surface area contributed by atoms with Crippen LogP contribution in [0.3, 0.4) is 0 Å². The number of carbonyl (C=O) groups excluding carboxylic acids is 1. The minimum absolute atomic E-state index is 0.291. The van der Waals surface area contributed by atoms with Crippen molar-refractivity contribution < 1.29 is 4.79 Å². The van der Waals surface area contributed by atoms with E-state index in [1.807, 2.05) is 0 Å². The van der Waals surface area contributed by atoms with Gasteiger partial charge < -0.3 is 10.2 Å². The quantitative estimate of drug-likeness (QED) is 0.805. The van der Waals surface area contributed by atoms with E-state index in [0.29, 0.717) is 12.4 Å². The second-order valence-electron chi connectivity index (χ2n) is 4.20. The summed E-state index contributed by atoms with van der Waals surface area (Å²) in [5.41, 5.74) is -0.522. The Hall–Kier alpha value is -1.21. The van der Waals surface area contributed by atoms with Crippen LogP contribution in [0, 0.1) is 0 Å². The number of nitrogens with one attached hydrogen (secondary N) is 1. The van der Waals surface area contributed by atoms with Crippen LogP contribution in [0.15, 0.2) is 4.79 Å². The fraction of sp³-hybridized carbons (Fsp3) is 0.667. The molecular weight excluding hydrogens is 281 g/mol. The van der Waals surface area contributed by atoms with Gasteiger partial charge in [-0.05, 0) is 0 Å². The summed E-state index contributed by atoms with van der Waals surface area (Å²) in [6.07, 6.45) is 0.485. The largest absolute Gasteiger partial charge is 0.357 e. The molecule has 1 N–H and O–H groups in total. The fourth-order valence-electron chi connectivity index (χ4n) is 1.68. The van der Waals surface area contributed by atoms with E-state index >= 15 is 0 Å². The Morgan fingerprint density at radius 2 is 2.17 bits per heavy atom. The summed E-state index contributed by atoms with van der Waals surface area (Å²) in [4.78, 5) is 25.2. The van der Waals surface area contributed by atoms with E-state index in [4.69, 9.17) is 23.2 Å². The van der Waals surface area contributed by atoms with Gasteiger partial charge in [0.1, 0.15) is 4.33 Å². The Balaban J connectivity index is 2.27. The Kier molecular flexibility index (Phi) is 3.06. The molecule has 1 unspecified atom stereocenters. The van der Waals surface area contributed by atoms with Crippen LogP contribution < -0.4 is 11.0 Å². The van der Waals surface area contributed by atoms with Crippen molar-refractivity contribution in [2.75, 3.05) is 19.4 Å². The molecule has 0 spiro atoms. The smallest absolute Gasteiger partial charge is 0.355 e. The topological polar surface area (TPSA) is 72.2 Å². The molecule has 1 aromatic rings. The summed E-state index contributed by atoms with van der Waals surface area (Å²) in [7, 11) is 4.68. The van der Waals surface area contributed by atoms with Gasteiger partial charge in [0.2, 0.25) is 5.95 Å². The molecule has 1 heterocycles. The molecule has 0 bridgehead atoms. The molecule has 0 aliphatic heterocycles. The van der Waals surface area contributed by atoms with Gasteiger partial charge in [0.25, 0.3) is 0 Å². The predicted octanol–water partition coefficient (Wildman–Crippen LogP) is 0.470. The Labute approximate surface area is 113 Å². The first-order valence-electron chi connectivity index (χ1n) is 5.28. The van der Waals surface area contributed by atoms with Crippen molar-refractivity contribution in [3.8, 4) is 0 Å². The van der Waals surface area contributed by atoms with E-state index in [9.17, 15) is 9.59 Å². The van der Waals surface area contributed by atoms with Crippen molar-refractivity contribution in [3.63, 3.8) is 0 Å². The Morgan fingerprint density at radius 1 is 1.61 bits per heavy atom. The van der Waals surface area contributed by atoms with Gasteiger partial charge in [0.05, 0.1) is 6.04 Å². The summed E-state index contributed by atoms with van der Waals surface area (Å²) in [5.74, 6) is 0.306. The second-order valence-corrected chi connectivity index (χ2v) is 5.74. The normalized spacial score (nSPS) is 20.6. The van der Waals surface area contributed by atoms with Crippen molar-refractivity contribution in [3.05, 3.63) is 10.5 Å².